The smallest absolute Gasteiger partial charge is 0.123 e. The molecule has 0 bridgehead atoms. The van der Waals surface area contributed by atoms with Gasteiger partial charge in [-0.15, -0.1) is 0 Å². The molecule has 86 valence electrons. The molecule has 1 N–H and O–H groups in total. The number of nitrogens with zero attached hydrogens (tertiary/aromatic N) is 1. The zero-order valence-electron chi connectivity index (χ0n) is 9.92. The summed E-state index contributed by atoms with van der Waals surface area (Å²) < 4.78 is 13.1. The van der Waals surface area contributed by atoms with Crippen LogP contribution < -0.4 is 5.32 Å². The Hall–Kier alpha value is -1.40. The Morgan fingerprint density at radius 1 is 1.50 bits per heavy atom. The first-order valence-corrected chi connectivity index (χ1v) is 5.35. The van der Waals surface area contributed by atoms with Gasteiger partial charge in [-0.3, -0.25) is 0 Å². The van der Waals surface area contributed by atoms with Crippen LogP contribution in [0.3, 0.4) is 0 Å². The van der Waals surface area contributed by atoms with Crippen LogP contribution in [0.25, 0.3) is 0 Å². The van der Waals surface area contributed by atoms with Gasteiger partial charge in [-0.1, -0.05) is 26.0 Å². The Bertz CT molecular complexity index is 393. The highest BCUT2D eigenvalue weighted by molar-refractivity contribution is 5.25. The molecule has 0 heterocycles. The van der Waals surface area contributed by atoms with Gasteiger partial charge in [0.2, 0.25) is 0 Å². The highest BCUT2D eigenvalue weighted by atomic mass is 19.1. The fourth-order valence-corrected chi connectivity index (χ4v) is 1.47. The maximum Gasteiger partial charge on any atom is 0.123 e. The van der Waals surface area contributed by atoms with Gasteiger partial charge in [-0.05, 0) is 24.6 Å². The van der Waals surface area contributed by atoms with Crippen molar-refractivity contribution in [3.63, 3.8) is 0 Å². The minimum atomic E-state index is -0.223. The fraction of sp³-hybridized carbons (Fsp3) is 0.462. The Morgan fingerprint density at radius 2 is 2.19 bits per heavy atom. The highest BCUT2D eigenvalue weighted by Gasteiger charge is 2.21. The molecule has 1 atom stereocenters. The third-order valence-electron chi connectivity index (χ3n) is 2.65. The first kappa shape index (κ1) is 12.7. The van der Waals surface area contributed by atoms with E-state index in [1.54, 1.807) is 12.1 Å². The third-order valence-corrected chi connectivity index (χ3v) is 2.65. The van der Waals surface area contributed by atoms with Crippen molar-refractivity contribution < 1.29 is 4.39 Å². The van der Waals surface area contributed by atoms with Crippen LogP contribution >= 0.6 is 0 Å². The molecule has 0 amide bonds. The van der Waals surface area contributed by atoms with E-state index < -0.39 is 0 Å². The van der Waals surface area contributed by atoms with Crippen molar-refractivity contribution in [1.82, 2.24) is 5.32 Å². The summed E-state index contributed by atoms with van der Waals surface area (Å²) in [5.41, 5.74) is 0.748. The molecule has 0 radical (unpaired) electrons. The summed E-state index contributed by atoms with van der Waals surface area (Å²) in [6, 6.07) is 8.52. The summed E-state index contributed by atoms with van der Waals surface area (Å²) in [6.45, 7) is 6.50. The maximum atomic E-state index is 13.1. The van der Waals surface area contributed by atoms with Crippen LogP contribution in [0.5, 0.6) is 0 Å². The van der Waals surface area contributed by atoms with Crippen LogP contribution in [0, 0.1) is 17.1 Å². The number of benzene rings is 1. The SMILES string of the molecule is CC(C#N)NCC(C)(C)c1cccc(F)c1. The second-order valence-corrected chi connectivity index (χ2v) is 4.63. The molecule has 0 saturated carbocycles. The summed E-state index contributed by atoms with van der Waals surface area (Å²) in [4.78, 5) is 0. The van der Waals surface area contributed by atoms with Gasteiger partial charge in [0.15, 0.2) is 0 Å². The van der Waals surface area contributed by atoms with Gasteiger partial charge in [-0.25, -0.2) is 4.39 Å². The lowest BCUT2D eigenvalue weighted by molar-refractivity contribution is 0.454. The molecular weight excluding hydrogens is 203 g/mol. The Labute approximate surface area is 96.1 Å². The molecule has 1 aromatic rings. The minimum Gasteiger partial charge on any atom is -0.301 e. The first-order valence-electron chi connectivity index (χ1n) is 5.35. The van der Waals surface area contributed by atoms with Crippen LogP contribution in [0.15, 0.2) is 24.3 Å². The molecule has 1 rings (SSSR count). The number of nitriles is 1. The lowest BCUT2D eigenvalue weighted by Gasteiger charge is -2.26. The maximum absolute atomic E-state index is 13.1. The van der Waals surface area contributed by atoms with Gasteiger partial charge in [0, 0.05) is 12.0 Å². The minimum absolute atomic E-state index is 0.187. The van der Waals surface area contributed by atoms with Gasteiger partial charge in [-0.2, -0.15) is 5.26 Å². The number of hydrogen-bond acceptors (Lipinski definition) is 2. The molecule has 0 fully saturated rings. The van der Waals surface area contributed by atoms with Crippen molar-refractivity contribution in [2.75, 3.05) is 6.54 Å². The van der Waals surface area contributed by atoms with E-state index in [2.05, 4.69) is 11.4 Å². The predicted octanol–water partition coefficient (Wildman–Crippen LogP) is 2.60. The van der Waals surface area contributed by atoms with Crippen molar-refractivity contribution in [2.24, 2.45) is 0 Å². The summed E-state index contributed by atoms with van der Waals surface area (Å²) in [5.74, 6) is -0.223. The van der Waals surface area contributed by atoms with E-state index >= 15 is 0 Å². The lowest BCUT2D eigenvalue weighted by atomic mass is 9.84. The molecular formula is C13H17FN2. The molecule has 0 aliphatic rings. The van der Waals surface area contributed by atoms with Crippen LogP contribution in [-0.4, -0.2) is 12.6 Å². The molecule has 0 spiro atoms. The van der Waals surface area contributed by atoms with Crippen LogP contribution in [0.2, 0.25) is 0 Å². The average Bonchev–Trinajstić information content (AvgIpc) is 2.26. The fourth-order valence-electron chi connectivity index (χ4n) is 1.47. The number of nitrogens with one attached hydrogen (secondary N) is 1. The molecule has 0 aliphatic heterocycles. The second-order valence-electron chi connectivity index (χ2n) is 4.63. The van der Waals surface area contributed by atoms with E-state index in [9.17, 15) is 4.39 Å². The van der Waals surface area contributed by atoms with Crippen molar-refractivity contribution in [3.05, 3.63) is 35.6 Å². The summed E-state index contributed by atoms with van der Waals surface area (Å²) in [6.07, 6.45) is 0. The number of rotatable bonds is 4. The number of hydrogen-bond donors (Lipinski definition) is 1. The Morgan fingerprint density at radius 3 is 2.75 bits per heavy atom. The average molecular weight is 220 g/mol. The second kappa shape index (κ2) is 5.09. The Kier molecular flexibility index (Phi) is 4.03. The quantitative estimate of drug-likeness (QED) is 0.846. The van der Waals surface area contributed by atoms with Crippen LogP contribution in [0.1, 0.15) is 26.3 Å². The normalized spacial score (nSPS) is 13.2. The molecule has 3 heteroatoms. The van der Waals surface area contributed by atoms with Gasteiger partial charge in [0.25, 0.3) is 0 Å². The highest BCUT2D eigenvalue weighted by Crippen LogP contribution is 2.22. The zero-order valence-corrected chi connectivity index (χ0v) is 9.92. The monoisotopic (exact) mass is 220 g/mol. The molecule has 16 heavy (non-hydrogen) atoms. The van der Waals surface area contributed by atoms with Crippen molar-refractivity contribution >= 4 is 0 Å². The summed E-state index contributed by atoms with van der Waals surface area (Å²) in [7, 11) is 0. The van der Waals surface area contributed by atoms with Gasteiger partial charge in [0.05, 0.1) is 12.1 Å². The van der Waals surface area contributed by atoms with Crippen molar-refractivity contribution in [3.8, 4) is 6.07 Å². The molecule has 0 aromatic heterocycles. The first-order chi connectivity index (χ1) is 7.45. The molecule has 0 saturated heterocycles. The summed E-state index contributed by atoms with van der Waals surface area (Å²) in [5, 5.41) is 11.8. The predicted molar refractivity (Wildman–Crippen MR) is 62.5 cm³/mol. The van der Waals surface area contributed by atoms with E-state index in [0.717, 1.165) is 5.56 Å². The lowest BCUT2D eigenvalue weighted by Crippen LogP contribution is -2.37. The Balaban J connectivity index is 2.74. The van der Waals surface area contributed by atoms with E-state index in [-0.39, 0.29) is 17.3 Å². The van der Waals surface area contributed by atoms with Crippen LogP contribution in [-0.2, 0) is 5.41 Å². The largest absolute Gasteiger partial charge is 0.301 e. The van der Waals surface area contributed by atoms with Gasteiger partial charge in [0.1, 0.15) is 5.82 Å². The number of halogens is 1. The summed E-state index contributed by atoms with van der Waals surface area (Å²) >= 11 is 0. The topological polar surface area (TPSA) is 35.8 Å². The van der Waals surface area contributed by atoms with Crippen molar-refractivity contribution in [1.29, 1.82) is 5.26 Å². The standard InChI is InChI=1S/C13H17FN2/c1-10(8-15)16-9-13(2,3)11-5-4-6-12(14)7-11/h4-7,10,16H,9H2,1-3H3. The molecule has 0 aliphatic carbocycles. The van der Waals surface area contributed by atoms with E-state index in [1.165, 1.54) is 6.07 Å². The van der Waals surface area contributed by atoms with Gasteiger partial charge >= 0.3 is 0 Å². The zero-order chi connectivity index (χ0) is 12.2. The van der Waals surface area contributed by atoms with E-state index in [4.69, 9.17) is 5.26 Å². The van der Waals surface area contributed by atoms with Gasteiger partial charge < -0.3 is 5.32 Å². The molecule has 1 unspecified atom stereocenters. The third kappa shape index (κ3) is 3.32. The van der Waals surface area contributed by atoms with E-state index in [0.29, 0.717) is 6.54 Å². The molecule has 2 nitrogen and oxygen atoms in total. The molecule has 1 aromatic carbocycles. The van der Waals surface area contributed by atoms with E-state index in [1.807, 2.05) is 26.8 Å². The van der Waals surface area contributed by atoms with Crippen molar-refractivity contribution in [2.45, 2.75) is 32.2 Å². The van der Waals surface area contributed by atoms with Crippen LogP contribution in [0.4, 0.5) is 4.39 Å².